The van der Waals surface area contributed by atoms with E-state index in [0.717, 1.165) is 23.1 Å². The summed E-state index contributed by atoms with van der Waals surface area (Å²) >= 11 is 17.9. The van der Waals surface area contributed by atoms with Gasteiger partial charge in [0.1, 0.15) is 11.8 Å². The van der Waals surface area contributed by atoms with E-state index in [-0.39, 0.29) is 25.8 Å². The first-order chi connectivity index (χ1) is 23.8. The van der Waals surface area contributed by atoms with Crippen LogP contribution < -0.4 is 19.6 Å². The molecule has 0 unspecified atom stereocenters. The smallest absolute Gasteiger partial charge is 0.338 e. The highest BCUT2D eigenvalue weighted by Crippen LogP contribution is 2.38. The Morgan fingerprint density at radius 2 is 1.96 bits per heavy atom. The number of carbonyl (C=O) groups excluding carboxylic acids is 1. The van der Waals surface area contributed by atoms with Crippen molar-refractivity contribution < 1.29 is 19.2 Å². The Kier molecular flexibility index (Phi) is 10.3. The maximum absolute atomic E-state index is 14.2. The third-order valence-corrected chi connectivity index (χ3v) is 10.4. The van der Waals surface area contributed by atoms with E-state index in [1.807, 2.05) is 0 Å². The Labute approximate surface area is 310 Å². The summed E-state index contributed by atoms with van der Waals surface area (Å²) in [6.07, 6.45) is 1.14. The summed E-state index contributed by atoms with van der Waals surface area (Å²) in [7, 11) is 1.50. The summed E-state index contributed by atoms with van der Waals surface area (Å²) in [5.41, 5.74) is 1.45. The van der Waals surface area contributed by atoms with Crippen molar-refractivity contribution in [2.24, 2.45) is 4.99 Å². The molecule has 12 nitrogen and oxygen atoms in total. The lowest BCUT2D eigenvalue weighted by atomic mass is 9.95. The van der Waals surface area contributed by atoms with Crippen LogP contribution in [-0.4, -0.2) is 43.9 Å². The van der Waals surface area contributed by atoms with Gasteiger partial charge in [-0.2, -0.15) is 0 Å². The Morgan fingerprint density at radius 3 is 2.66 bits per heavy atom. The molecular formula is C33H25BrCl2N6O6S2. The van der Waals surface area contributed by atoms with Crippen molar-refractivity contribution >= 4 is 80.0 Å². The number of benzene rings is 3. The van der Waals surface area contributed by atoms with Gasteiger partial charge in [0.2, 0.25) is 5.16 Å². The number of thiazole rings is 1. The van der Waals surface area contributed by atoms with E-state index in [1.165, 1.54) is 17.7 Å². The average molecular weight is 817 g/mol. The van der Waals surface area contributed by atoms with Crippen molar-refractivity contribution in [2.45, 2.75) is 43.0 Å². The normalized spacial score (nSPS) is 14.5. The highest BCUT2D eigenvalue weighted by molar-refractivity contribution is 9.10. The number of carbonyl (C=O) groups is 1. The highest BCUT2D eigenvalue weighted by Gasteiger charge is 2.35. The zero-order valence-electron chi connectivity index (χ0n) is 26.6. The summed E-state index contributed by atoms with van der Waals surface area (Å²) in [5.74, 6) is 0.218. The maximum atomic E-state index is 14.2. The van der Waals surface area contributed by atoms with Crippen LogP contribution >= 0.6 is 62.2 Å². The second-order valence-electron chi connectivity index (χ2n) is 11.1. The van der Waals surface area contributed by atoms with Crippen molar-refractivity contribution in [1.82, 2.24) is 19.7 Å². The number of nitro benzene ring substituents is 1. The molecule has 0 fully saturated rings. The van der Waals surface area contributed by atoms with Crippen LogP contribution in [0.25, 0.3) is 17.5 Å². The molecule has 1 atom stereocenters. The lowest BCUT2D eigenvalue weighted by Gasteiger charge is -2.26. The molecule has 0 amide bonds. The molecule has 0 saturated heterocycles. The van der Waals surface area contributed by atoms with E-state index in [1.54, 1.807) is 75.4 Å². The summed E-state index contributed by atoms with van der Waals surface area (Å²) < 4.78 is 13.6. The molecule has 0 aliphatic carbocycles. The van der Waals surface area contributed by atoms with E-state index >= 15 is 0 Å². The standard InChI is InChI=1S/C33H25BrCl2N6O6S2/c1-15(2)48-31(44)27-16(3)37-33-41(28(27)21-13-18(34)6-9-24(21)47-4)30(43)26(50-33)12-17-5-10-25(23(11-17)42(45)46)49-32-38-29(39-40-32)20-8-7-19(35)14-22(20)36/h5-15,28H,1-4H3,(H,38,39,40)/b26-12-/t28-/m0/s1. The molecule has 5 aromatic rings. The first-order valence-electron chi connectivity index (χ1n) is 14.8. The lowest BCUT2D eigenvalue weighted by Crippen LogP contribution is -2.40. The molecule has 50 heavy (non-hydrogen) atoms. The molecule has 3 heterocycles. The minimum atomic E-state index is -0.922. The van der Waals surface area contributed by atoms with Crippen LogP contribution in [0.15, 0.2) is 90.2 Å². The summed E-state index contributed by atoms with van der Waals surface area (Å²) in [5, 5.41) is 20.3. The molecular weight excluding hydrogens is 791 g/mol. The van der Waals surface area contributed by atoms with E-state index in [9.17, 15) is 19.7 Å². The number of nitrogens with zero attached hydrogens (tertiary/aromatic N) is 5. The zero-order valence-corrected chi connectivity index (χ0v) is 31.3. The van der Waals surface area contributed by atoms with Gasteiger partial charge in [-0.3, -0.25) is 24.6 Å². The number of H-pyrrole nitrogens is 1. The van der Waals surface area contributed by atoms with E-state index in [0.29, 0.717) is 53.3 Å². The number of nitro groups is 1. The number of methoxy groups -OCH3 is 1. The number of halogens is 3. The number of rotatable bonds is 9. The molecule has 1 aliphatic heterocycles. The van der Waals surface area contributed by atoms with Crippen LogP contribution in [0.2, 0.25) is 10.0 Å². The number of ether oxygens (including phenoxy) is 2. The van der Waals surface area contributed by atoms with Gasteiger partial charge in [0.15, 0.2) is 10.6 Å². The molecule has 0 bridgehead atoms. The summed E-state index contributed by atoms with van der Waals surface area (Å²) in [6.45, 7) is 5.16. The molecule has 1 N–H and O–H groups in total. The second-order valence-corrected chi connectivity index (χ2v) is 14.9. The van der Waals surface area contributed by atoms with Gasteiger partial charge in [-0.25, -0.2) is 14.8 Å². The van der Waals surface area contributed by atoms with Crippen LogP contribution in [0.3, 0.4) is 0 Å². The number of hydrogen-bond donors (Lipinski definition) is 1. The van der Waals surface area contributed by atoms with Gasteiger partial charge >= 0.3 is 5.97 Å². The summed E-state index contributed by atoms with van der Waals surface area (Å²) in [6, 6.07) is 13.9. The third kappa shape index (κ3) is 7.14. The Bertz CT molecular complexity index is 2410. The molecule has 2 aromatic heterocycles. The van der Waals surface area contributed by atoms with Gasteiger partial charge in [-0.05, 0) is 86.6 Å². The van der Waals surface area contributed by atoms with Crippen molar-refractivity contribution in [3.05, 3.63) is 121 Å². The minimum absolute atomic E-state index is 0.194. The lowest BCUT2D eigenvalue weighted by molar-refractivity contribution is -0.387. The van der Waals surface area contributed by atoms with Crippen molar-refractivity contribution in [2.75, 3.05) is 7.11 Å². The average Bonchev–Trinajstić information content (AvgIpc) is 3.64. The molecule has 0 saturated carbocycles. The van der Waals surface area contributed by atoms with Crippen LogP contribution in [0.1, 0.15) is 37.9 Å². The van der Waals surface area contributed by atoms with E-state index in [4.69, 9.17) is 32.7 Å². The van der Waals surface area contributed by atoms with Gasteiger partial charge < -0.3 is 9.47 Å². The van der Waals surface area contributed by atoms with Gasteiger partial charge in [0.05, 0.1) is 43.9 Å². The topological polar surface area (TPSA) is 155 Å². The van der Waals surface area contributed by atoms with E-state index < -0.39 is 28.6 Å². The number of fused-ring (bicyclic) bond motifs is 1. The van der Waals surface area contributed by atoms with E-state index in [2.05, 4.69) is 36.1 Å². The molecule has 17 heteroatoms. The van der Waals surface area contributed by atoms with Crippen molar-refractivity contribution in [3.8, 4) is 17.1 Å². The Hall–Kier alpha value is -4.28. The fraction of sp³-hybridized carbons (Fsp3) is 0.182. The van der Waals surface area contributed by atoms with Crippen molar-refractivity contribution in [3.63, 3.8) is 0 Å². The number of allylic oxidation sites excluding steroid dienone is 1. The number of hydrogen-bond acceptors (Lipinski definition) is 11. The SMILES string of the molecule is COc1ccc(Br)cc1[C@H]1C(C(=O)OC(C)C)=C(C)N=c2s/c(=C\c3ccc(Sc4n[nH]c(-c5ccc(Cl)cc5Cl)n4)c([N+](=O)[O-])c3)c(=O)n21. The van der Waals surface area contributed by atoms with Gasteiger partial charge in [-0.1, -0.05) is 56.5 Å². The number of esters is 1. The molecule has 3 aromatic carbocycles. The van der Waals surface area contributed by atoms with Crippen LogP contribution in [0, 0.1) is 10.1 Å². The Balaban J connectivity index is 1.41. The quantitative estimate of drug-likeness (QED) is 0.0932. The predicted octanol–water partition coefficient (Wildman–Crippen LogP) is 7.11. The maximum Gasteiger partial charge on any atom is 0.338 e. The fourth-order valence-corrected chi connectivity index (χ4v) is 7.99. The minimum Gasteiger partial charge on any atom is -0.496 e. The predicted molar refractivity (Wildman–Crippen MR) is 195 cm³/mol. The van der Waals surface area contributed by atoms with Crippen molar-refractivity contribution in [1.29, 1.82) is 0 Å². The molecule has 0 radical (unpaired) electrons. The highest BCUT2D eigenvalue weighted by atomic mass is 79.9. The number of nitrogens with one attached hydrogen (secondary N) is 1. The monoisotopic (exact) mass is 814 g/mol. The Morgan fingerprint density at radius 1 is 1.18 bits per heavy atom. The number of aromatic nitrogens is 4. The largest absolute Gasteiger partial charge is 0.496 e. The fourth-order valence-electron chi connectivity index (χ4n) is 5.27. The van der Waals surface area contributed by atoms with Gasteiger partial charge in [0.25, 0.3) is 11.2 Å². The molecule has 6 rings (SSSR count). The summed E-state index contributed by atoms with van der Waals surface area (Å²) in [4.78, 5) is 49.0. The van der Waals surface area contributed by atoms with Gasteiger partial charge in [-0.15, -0.1) is 5.10 Å². The first-order valence-corrected chi connectivity index (χ1v) is 17.9. The molecule has 1 aliphatic rings. The molecule has 256 valence electrons. The first kappa shape index (κ1) is 35.5. The van der Waals surface area contributed by atoms with Crippen LogP contribution in [0.4, 0.5) is 5.69 Å². The van der Waals surface area contributed by atoms with Crippen LogP contribution in [0.5, 0.6) is 5.75 Å². The van der Waals surface area contributed by atoms with Gasteiger partial charge in [0, 0.05) is 26.7 Å². The zero-order chi connectivity index (χ0) is 35.9. The van der Waals surface area contributed by atoms with Crippen LogP contribution in [-0.2, 0) is 9.53 Å². The second kappa shape index (κ2) is 14.5. The number of aromatic amines is 1. The molecule has 0 spiro atoms. The third-order valence-electron chi connectivity index (χ3n) is 7.40.